The average Bonchev–Trinajstić information content (AvgIpc) is 2.37. The van der Waals surface area contributed by atoms with Crippen molar-refractivity contribution in [2.24, 2.45) is 11.1 Å². The molecule has 1 fully saturated rings. The topological polar surface area (TPSA) is 67.2 Å². The number of benzene rings is 1. The van der Waals surface area contributed by atoms with Crippen LogP contribution in [0.15, 0.2) is 18.2 Å². The molecule has 0 aliphatic carbocycles. The summed E-state index contributed by atoms with van der Waals surface area (Å²) in [5.41, 5.74) is 8.24. The molecule has 2 rings (SSSR count). The van der Waals surface area contributed by atoms with Gasteiger partial charge in [0.1, 0.15) is 0 Å². The Labute approximate surface area is 114 Å². The van der Waals surface area contributed by atoms with Crippen LogP contribution < -0.4 is 16.4 Å². The zero-order valence-electron chi connectivity index (χ0n) is 11.8. The summed E-state index contributed by atoms with van der Waals surface area (Å²) in [6.45, 7) is 7.39. The van der Waals surface area contributed by atoms with Crippen molar-refractivity contribution in [2.45, 2.75) is 26.7 Å². The lowest BCUT2D eigenvalue weighted by Crippen LogP contribution is -2.39. The molecule has 19 heavy (non-hydrogen) atoms. The minimum Gasteiger partial charge on any atom is -0.384 e. The highest BCUT2D eigenvalue weighted by Gasteiger charge is 2.26. The van der Waals surface area contributed by atoms with E-state index in [4.69, 9.17) is 5.73 Å². The number of piperidine rings is 1. The Morgan fingerprint density at radius 3 is 2.68 bits per heavy atom. The number of aryl methyl sites for hydroxylation is 1. The second-order valence-electron chi connectivity index (χ2n) is 5.81. The molecular formula is C15H23N3O. The van der Waals surface area contributed by atoms with Crippen LogP contribution in [0.25, 0.3) is 0 Å². The SMILES string of the molecule is Cc1cc(NCC2(C)CCNCC2)ccc1C(N)=O. The van der Waals surface area contributed by atoms with Crippen molar-refractivity contribution < 1.29 is 4.79 Å². The molecule has 1 heterocycles. The fourth-order valence-corrected chi connectivity index (χ4v) is 2.57. The van der Waals surface area contributed by atoms with Crippen molar-refractivity contribution in [2.75, 3.05) is 25.0 Å². The van der Waals surface area contributed by atoms with Crippen molar-refractivity contribution in [3.05, 3.63) is 29.3 Å². The maximum atomic E-state index is 11.2. The van der Waals surface area contributed by atoms with Gasteiger partial charge in [0, 0.05) is 17.8 Å². The fourth-order valence-electron chi connectivity index (χ4n) is 2.57. The number of nitrogens with two attached hydrogens (primary N) is 1. The Morgan fingerprint density at radius 2 is 2.11 bits per heavy atom. The third-order valence-corrected chi connectivity index (χ3v) is 4.02. The van der Waals surface area contributed by atoms with E-state index in [0.717, 1.165) is 30.9 Å². The molecule has 1 saturated heterocycles. The van der Waals surface area contributed by atoms with Gasteiger partial charge in [-0.25, -0.2) is 0 Å². The normalized spacial score (nSPS) is 18.0. The first-order valence-electron chi connectivity index (χ1n) is 6.85. The minimum absolute atomic E-state index is 0.349. The smallest absolute Gasteiger partial charge is 0.248 e. The highest BCUT2D eigenvalue weighted by atomic mass is 16.1. The zero-order valence-corrected chi connectivity index (χ0v) is 11.8. The first-order chi connectivity index (χ1) is 9.00. The number of anilines is 1. The molecule has 0 saturated carbocycles. The molecule has 4 heteroatoms. The Hall–Kier alpha value is -1.55. The number of carbonyl (C=O) groups excluding carboxylic acids is 1. The standard InChI is InChI=1S/C15H23N3O/c1-11-9-12(3-4-13(11)14(16)19)18-10-15(2)5-7-17-8-6-15/h3-4,9,17-18H,5-8,10H2,1-2H3,(H2,16,19). The van der Waals surface area contributed by atoms with Crippen LogP contribution >= 0.6 is 0 Å². The number of hydrogen-bond donors (Lipinski definition) is 3. The predicted octanol–water partition coefficient (Wildman–Crippen LogP) is 1.90. The molecule has 0 spiro atoms. The number of rotatable bonds is 4. The van der Waals surface area contributed by atoms with Crippen molar-refractivity contribution in [1.29, 1.82) is 0 Å². The van der Waals surface area contributed by atoms with E-state index in [9.17, 15) is 4.79 Å². The van der Waals surface area contributed by atoms with Crippen LogP contribution in [0.1, 0.15) is 35.7 Å². The summed E-state index contributed by atoms with van der Waals surface area (Å²) < 4.78 is 0. The summed E-state index contributed by atoms with van der Waals surface area (Å²) in [6.07, 6.45) is 2.39. The van der Waals surface area contributed by atoms with Gasteiger partial charge in [-0.15, -0.1) is 0 Å². The third kappa shape index (κ3) is 3.47. The molecule has 0 atom stereocenters. The van der Waals surface area contributed by atoms with E-state index in [1.54, 1.807) is 6.07 Å². The van der Waals surface area contributed by atoms with Crippen LogP contribution in [0.3, 0.4) is 0 Å². The quantitative estimate of drug-likeness (QED) is 0.775. The van der Waals surface area contributed by atoms with Gasteiger partial charge < -0.3 is 16.4 Å². The summed E-state index contributed by atoms with van der Waals surface area (Å²) >= 11 is 0. The van der Waals surface area contributed by atoms with Crippen molar-refractivity contribution in [3.63, 3.8) is 0 Å². The lowest BCUT2D eigenvalue weighted by atomic mass is 9.81. The lowest BCUT2D eigenvalue weighted by molar-refractivity contribution is 0.0999. The molecule has 1 aromatic rings. The van der Waals surface area contributed by atoms with E-state index < -0.39 is 0 Å². The molecule has 1 aliphatic rings. The summed E-state index contributed by atoms with van der Waals surface area (Å²) in [7, 11) is 0. The molecule has 0 radical (unpaired) electrons. The van der Waals surface area contributed by atoms with Crippen molar-refractivity contribution in [1.82, 2.24) is 5.32 Å². The number of hydrogen-bond acceptors (Lipinski definition) is 3. The van der Waals surface area contributed by atoms with Crippen LogP contribution in [-0.4, -0.2) is 25.5 Å². The fraction of sp³-hybridized carbons (Fsp3) is 0.533. The van der Waals surface area contributed by atoms with Gasteiger partial charge in [0.15, 0.2) is 0 Å². The van der Waals surface area contributed by atoms with Crippen LogP contribution in [0, 0.1) is 12.3 Å². The van der Waals surface area contributed by atoms with Gasteiger partial charge in [0.05, 0.1) is 0 Å². The summed E-state index contributed by atoms with van der Waals surface area (Å²) in [4.78, 5) is 11.2. The molecule has 1 aromatic carbocycles. The summed E-state index contributed by atoms with van der Waals surface area (Å²) in [5, 5.41) is 6.87. The minimum atomic E-state index is -0.366. The average molecular weight is 261 g/mol. The van der Waals surface area contributed by atoms with E-state index in [-0.39, 0.29) is 5.91 Å². The van der Waals surface area contributed by atoms with E-state index in [1.165, 1.54) is 12.8 Å². The van der Waals surface area contributed by atoms with E-state index in [0.29, 0.717) is 11.0 Å². The molecule has 0 unspecified atom stereocenters. The van der Waals surface area contributed by atoms with Gasteiger partial charge in [-0.3, -0.25) is 4.79 Å². The van der Waals surface area contributed by atoms with Gasteiger partial charge in [0.25, 0.3) is 0 Å². The molecule has 1 aliphatic heterocycles. The van der Waals surface area contributed by atoms with Crippen LogP contribution in [0.5, 0.6) is 0 Å². The monoisotopic (exact) mass is 261 g/mol. The Kier molecular flexibility index (Phi) is 4.10. The van der Waals surface area contributed by atoms with Gasteiger partial charge in [0.2, 0.25) is 5.91 Å². The number of amides is 1. The summed E-state index contributed by atoms with van der Waals surface area (Å²) in [6, 6.07) is 5.72. The largest absolute Gasteiger partial charge is 0.384 e. The van der Waals surface area contributed by atoms with E-state index in [2.05, 4.69) is 17.6 Å². The Balaban J connectivity index is 2.00. The molecule has 1 amide bonds. The predicted molar refractivity (Wildman–Crippen MR) is 78.4 cm³/mol. The maximum Gasteiger partial charge on any atom is 0.248 e. The lowest BCUT2D eigenvalue weighted by Gasteiger charge is -2.34. The molecule has 4 nitrogen and oxygen atoms in total. The van der Waals surface area contributed by atoms with Crippen LogP contribution in [0.4, 0.5) is 5.69 Å². The van der Waals surface area contributed by atoms with E-state index >= 15 is 0 Å². The Bertz CT molecular complexity index is 464. The number of nitrogens with one attached hydrogen (secondary N) is 2. The van der Waals surface area contributed by atoms with Crippen molar-refractivity contribution >= 4 is 11.6 Å². The number of carbonyl (C=O) groups is 1. The van der Waals surface area contributed by atoms with Gasteiger partial charge in [-0.05, 0) is 62.0 Å². The zero-order chi connectivity index (χ0) is 13.9. The van der Waals surface area contributed by atoms with Gasteiger partial charge in [-0.2, -0.15) is 0 Å². The molecule has 4 N–H and O–H groups in total. The summed E-state index contributed by atoms with van der Waals surface area (Å²) in [5.74, 6) is -0.366. The Morgan fingerprint density at radius 1 is 1.42 bits per heavy atom. The third-order valence-electron chi connectivity index (χ3n) is 4.02. The van der Waals surface area contributed by atoms with Crippen molar-refractivity contribution in [3.8, 4) is 0 Å². The van der Waals surface area contributed by atoms with Gasteiger partial charge >= 0.3 is 0 Å². The second-order valence-corrected chi connectivity index (χ2v) is 5.81. The highest BCUT2D eigenvalue weighted by Crippen LogP contribution is 2.28. The van der Waals surface area contributed by atoms with Gasteiger partial charge in [-0.1, -0.05) is 6.92 Å². The number of primary amides is 1. The van der Waals surface area contributed by atoms with Crippen LogP contribution in [-0.2, 0) is 0 Å². The molecule has 104 valence electrons. The second kappa shape index (κ2) is 5.61. The van der Waals surface area contributed by atoms with E-state index in [1.807, 2.05) is 19.1 Å². The first kappa shape index (κ1) is 13.9. The maximum absolute atomic E-state index is 11.2. The van der Waals surface area contributed by atoms with Crippen LogP contribution in [0.2, 0.25) is 0 Å². The molecule has 0 bridgehead atoms. The highest BCUT2D eigenvalue weighted by molar-refractivity contribution is 5.94. The first-order valence-corrected chi connectivity index (χ1v) is 6.85. The molecule has 0 aromatic heterocycles. The molecular weight excluding hydrogens is 238 g/mol.